The first-order chi connectivity index (χ1) is 15.1. The van der Waals surface area contributed by atoms with E-state index >= 15 is 0 Å². The molecule has 164 valence electrons. The molecule has 1 saturated heterocycles. The second kappa shape index (κ2) is 9.52. The number of fused-ring (bicyclic) bond motifs is 1. The Bertz CT molecular complexity index is 966. The average molecular weight is 422 g/mol. The first-order valence-electron chi connectivity index (χ1n) is 11.3. The van der Waals surface area contributed by atoms with Crippen molar-refractivity contribution in [2.24, 2.45) is 0 Å². The maximum absolute atomic E-state index is 12.9. The van der Waals surface area contributed by atoms with E-state index in [4.69, 9.17) is 14.9 Å². The molecule has 1 heterocycles. The molecule has 0 radical (unpaired) electrons. The molecule has 1 atom stereocenters. The van der Waals surface area contributed by atoms with Crippen molar-refractivity contribution in [1.82, 2.24) is 10.2 Å². The van der Waals surface area contributed by atoms with Gasteiger partial charge in [0.25, 0.3) is 5.91 Å². The Morgan fingerprint density at radius 1 is 1.10 bits per heavy atom. The molecule has 31 heavy (non-hydrogen) atoms. The van der Waals surface area contributed by atoms with Gasteiger partial charge in [-0.2, -0.15) is 0 Å². The normalized spacial score (nSPS) is 17.9. The number of carbonyl (C=O) groups is 1. The number of likely N-dealkylation sites (tertiary alicyclic amines) is 1. The van der Waals surface area contributed by atoms with Gasteiger partial charge in [0, 0.05) is 17.2 Å². The van der Waals surface area contributed by atoms with Crippen LogP contribution in [0.3, 0.4) is 0 Å². The molecule has 2 aliphatic rings. The van der Waals surface area contributed by atoms with E-state index in [-0.39, 0.29) is 11.7 Å². The number of benzene rings is 2. The lowest BCUT2D eigenvalue weighted by Crippen LogP contribution is -2.31. The molecule has 1 aliphatic carbocycles. The minimum atomic E-state index is -0.319. The number of ether oxygens (including phenoxy) is 2. The molecule has 6 nitrogen and oxygen atoms in total. The highest BCUT2D eigenvalue weighted by Gasteiger charge is 2.31. The molecule has 1 fully saturated rings. The highest BCUT2D eigenvalue weighted by Crippen LogP contribution is 2.39. The summed E-state index contributed by atoms with van der Waals surface area (Å²) in [5, 5.41) is 11.4. The molecule has 6 heteroatoms. The van der Waals surface area contributed by atoms with Gasteiger partial charge in [-0.25, -0.2) is 0 Å². The van der Waals surface area contributed by atoms with Crippen LogP contribution in [0.25, 0.3) is 0 Å². The lowest BCUT2D eigenvalue weighted by molar-refractivity contribution is 0.0976. The summed E-state index contributed by atoms with van der Waals surface area (Å²) in [5.41, 5.74) is 3.78. The number of nitrogens with one attached hydrogen (secondary N) is 2. The van der Waals surface area contributed by atoms with E-state index in [1.165, 1.54) is 24.0 Å². The van der Waals surface area contributed by atoms with Gasteiger partial charge in [-0.15, -0.1) is 0 Å². The van der Waals surface area contributed by atoms with E-state index in [0.717, 1.165) is 31.5 Å². The number of carbonyl (C=O) groups excluding carboxylic acids is 1. The van der Waals surface area contributed by atoms with Crippen LogP contribution in [0.1, 0.15) is 66.2 Å². The van der Waals surface area contributed by atoms with Crippen molar-refractivity contribution in [3.8, 4) is 11.5 Å². The second-order valence-electron chi connectivity index (χ2n) is 8.03. The van der Waals surface area contributed by atoms with Gasteiger partial charge in [-0.3, -0.25) is 15.1 Å². The third kappa shape index (κ3) is 4.44. The van der Waals surface area contributed by atoms with Crippen LogP contribution >= 0.6 is 0 Å². The van der Waals surface area contributed by atoms with E-state index in [1.807, 2.05) is 26.0 Å². The van der Waals surface area contributed by atoms with E-state index in [1.54, 1.807) is 18.2 Å². The van der Waals surface area contributed by atoms with Gasteiger partial charge >= 0.3 is 0 Å². The summed E-state index contributed by atoms with van der Waals surface area (Å²) >= 11 is 0. The topological polar surface area (TPSA) is 74.7 Å². The summed E-state index contributed by atoms with van der Waals surface area (Å²) in [6, 6.07) is 11.7. The Balaban J connectivity index is 1.51. The number of amides is 1. The summed E-state index contributed by atoms with van der Waals surface area (Å²) in [7, 11) is 0. The van der Waals surface area contributed by atoms with Gasteiger partial charge in [-0.05, 0) is 81.9 Å². The van der Waals surface area contributed by atoms with Crippen molar-refractivity contribution < 1.29 is 14.3 Å². The summed E-state index contributed by atoms with van der Waals surface area (Å²) in [5.74, 6) is 0.985. The zero-order chi connectivity index (χ0) is 21.8. The fraction of sp³-hybridized carbons (Fsp3) is 0.440. The fourth-order valence-corrected chi connectivity index (χ4v) is 4.74. The Kier molecular flexibility index (Phi) is 6.56. The van der Waals surface area contributed by atoms with Crippen molar-refractivity contribution in [2.75, 3.05) is 26.3 Å². The zero-order valence-electron chi connectivity index (χ0n) is 18.4. The number of rotatable bonds is 7. The standard InChI is InChI=1S/C25H31N3O3/c1-3-30-22-13-10-17(16-23(22)31-4-2)25(29)27-24(26)20-9-7-8-19-18(20)11-12-21(19)28-14-5-6-15-28/h7-10,13,16,21H,3-6,11-12,14-15H2,1-2H3,(H2,26,27,29). The highest BCUT2D eigenvalue weighted by molar-refractivity contribution is 6.12. The van der Waals surface area contributed by atoms with Crippen LogP contribution in [-0.4, -0.2) is 42.9 Å². The van der Waals surface area contributed by atoms with Crippen LogP contribution in [-0.2, 0) is 6.42 Å². The molecule has 4 rings (SSSR count). The minimum absolute atomic E-state index is 0.149. The minimum Gasteiger partial charge on any atom is -0.490 e. The highest BCUT2D eigenvalue weighted by atomic mass is 16.5. The molecule has 1 aliphatic heterocycles. The van der Waals surface area contributed by atoms with Gasteiger partial charge in [-0.1, -0.05) is 18.2 Å². The molecule has 0 spiro atoms. The van der Waals surface area contributed by atoms with Crippen LogP contribution in [0.5, 0.6) is 11.5 Å². The maximum Gasteiger partial charge on any atom is 0.256 e. The number of hydrogen-bond acceptors (Lipinski definition) is 5. The summed E-state index contributed by atoms with van der Waals surface area (Å²) in [6.07, 6.45) is 4.57. The van der Waals surface area contributed by atoms with Crippen LogP contribution in [0, 0.1) is 5.41 Å². The Morgan fingerprint density at radius 3 is 2.58 bits per heavy atom. The van der Waals surface area contributed by atoms with Gasteiger partial charge < -0.3 is 14.8 Å². The van der Waals surface area contributed by atoms with E-state index in [9.17, 15) is 4.79 Å². The Hall–Kier alpha value is -2.86. The van der Waals surface area contributed by atoms with E-state index in [2.05, 4.69) is 16.3 Å². The lowest BCUT2D eigenvalue weighted by atomic mass is 10.0. The summed E-state index contributed by atoms with van der Waals surface area (Å²) < 4.78 is 11.2. The molecule has 2 aromatic rings. The monoisotopic (exact) mass is 421 g/mol. The Labute approximate surface area is 184 Å². The van der Waals surface area contributed by atoms with Crippen molar-refractivity contribution in [1.29, 1.82) is 5.41 Å². The molecule has 0 bridgehead atoms. The largest absolute Gasteiger partial charge is 0.490 e. The van der Waals surface area contributed by atoms with Crippen LogP contribution in [0.4, 0.5) is 0 Å². The quantitative estimate of drug-likeness (QED) is 0.516. The van der Waals surface area contributed by atoms with E-state index in [0.29, 0.717) is 36.3 Å². The first-order valence-corrected chi connectivity index (χ1v) is 11.3. The molecule has 1 unspecified atom stereocenters. The lowest BCUT2D eigenvalue weighted by Gasteiger charge is -2.24. The average Bonchev–Trinajstić information content (AvgIpc) is 3.44. The third-order valence-corrected chi connectivity index (χ3v) is 6.13. The summed E-state index contributed by atoms with van der Waals surface area (Å²) in [6.45, 7) is 7.11. The molecular formula is C25H31N3O3. The Morgan fingerprint density at radius 2 is 1.84 bits per heavy atom. The van der Waals surface area contributed by atoms with Gasteiger partial charge in [0.2, 0.25) is 0 Å². The van der Waals surface area contributed by atoms with E-state index < -0.39 is 0 Å². The molecule has 0 saturated carbocycles. The van der Waals surface area contributed by atoms with Crippen LogP contribution in [0.15, 0.2) is 36.4 Å². The zero-order valence-corrected chi connectivity index (χ0v) is 18.4. The molecule has 2 N–H and O–H groups in total. The van der Waals surface area contributed by atoms with Gasteiger partial charge in [0.15, 0.2) is 11.5 Å². The van der Waals surface area contributed by atoms with Crippen LogP contribution in [0.2, 0.25) is 0 Å². The van der Waals surface area contributed by atoms with Crippen molar-refractivity contribution in [2.45, 2.75) is 45.6 Å². The van der Waals surface area contributed by atoms with Gasteiger partial charge in [0.05, 0.1) is 13.2 Å². The molecule has 0 aromatic heterocycles. The SMILES string of the molecule is CCOc1ccc(C(=O)NC(=N)c2cccc3c2CCC3N2CCCC2)cc1OCC. The van der Waals surface area contributed by atoms with Crippen molar-refractivity contribution in [3.05, 3.63) is 58.7 Å². The third-order valence-electron chi connectivity index (χ3n) is 6.13. The maximum atomic E-state index is 12.9. The van der Waals surface area contributed by atoms with Gasteiger partial charge in [0.1, 0.15) is 5.84 Å². The first kappa shape index (κ1) is 21.4. The fourth-order valence-electron chi connectivity index (χ4n) is 4.74. The molecule has 1 amide bonds. The number of amidine groups is 1. The van der Waals surface area contributed by atoms with Crippen LogP contribution < -0.4 is 14.8 Å². The molecular weight excluding hydrogens is 390 g/mol. The van der Waals surface area contributed by atoms with Crippen molar-refractivity contribution >= 4 is 11.7 Å². The number of hydrogen-bond donors (Lipinski definition) is 2. The van der Waals surface area contributed by atoms with Crippen molar-refractivity contribution in [3.63, 3.8) is 0 Å². The smallest absolute Gasteiger partial charge is 0.256 e. The number of nitrogens with zero attached hydrogens (tertiary/aromatic N) is 1. The predicted molar refractivity (Wildman–Crippen MR) is 121 cm³/mol. The molecule has 2 aromatic carbocycles. The predicted octanol–water partition coefficient (Wildman–Crippen LogP) is 4.32. The summed E-state index contributed by atoms with van der Waals surface area (Å²) in [4.78, 5) is 15.4. The second-order valence-corrected chi connectivity index (χ2v) is 8.03.